The fourth-order valence-corrected chi connectivity index (χ4v) is 2.11. The van der Waals surface area contributed by atoms with Crippen molar-refractivity contribution >= 4 is 0 Å². The second kappa shape index (κ2) is 6.06. The first-order chi connectivity index (χ1) is 9.47. The van der Waals surface area contributed by atoms with Gasteiger partial charge in [0.2, 0.25) is 0 Å². The summed E-state index contributed by atoms with van der Waals surface area (Å²) in [7, 11) is 0. The Morgan fingerprint density at radius 3 is 2.40 bits per heavy atom. The van der Waals surface area contributed by atoms with Crippen molar-refractivity contribution < 1.29 is 9.13 Å². The molecule has 2 N–H and O–H groups in total. The van der Waals surface area contributed by atoms with Crippen LogP contribution in [0.15, 0.2) is 42.5 Å². The quantitative estimate of drug-likeness (QED) is 0.914. The number of hydrogen-bond acceptors (Lipinski definition) is 2. The Balaban J connectivity index is 2.28. The largest absolute Gasteiger partial charge is 0.491 e. The highest BCUT2D eigenvalue weighted by Crippen LogP contribution is 2.25. The van der Waals surface area contributed by atoms with E-state index in [9.17, 15) is 4.39 Å². The van der Waals surface area contributed by atoms with Gasteiger partial charge in [-0.05, 0) is 55.7 Å². The fraction of sp³-hybridized carbons (Fsp3) is 0.294. The molecule has 20 heavy (non-hydrogen) atoms. The third-order valence-corrected chi connectivity index (χ3v) is 3.13. The average Bonchev–Trinajstić information content (AvgIpc) is 2.40. The minimum atomic E-state index is -0.287. The van der Waals surface area contributed by atoms with Crippen LogP contribution in [0.4, 0.5) is 4.39 Å². The Kier molecular flexibility index (Phi) is 4.40. The summed E-state index contributed by atoms with van der Waals surface area (Å²) >= 11 is 0. The van der Waals surface area contributed by atoms with Crippen molar-refractivity contribution in [1.82, 2.24) is 0 Å². The van der Waals surface area contributed by atoms with Gasteiger partial charge in [-0.25, -0.2) is 4.39 Å². The van der Waals surface area contributed by atoms with Crippen molar-refractivity contribution in [2.75, 3.05) is 0 Å². The lowest BCUT2D eigenvalue weighted by Gasteiger charge is -2.16. The first kappa shape index (κ1) is 14.5. The van der Waals surface area contributed by atoms with Gasteiger partial charge in [-0.3, -0.25) is 0 Å². The van der Waals surface area contributed by atoms with Crippen molar-refractivity contribution in [2.45, 2.75) is 32.9 Å². The van der Waals surface area contributed by atoms with E-state index in [1.54, 1.807) is 19.1 Å². The molecule has 2 aromatic rings. The Morgan fingerprint density at radius 2 is 1.75 bits per heavy atom. The molecule has 0 spiro atoms. The Hall–Kier alpha value is -1.87. The summed E-state index contributed by atoms with van der Waals surface area (Å²) in [5, 5.41) is 0. The van der Waals surface area contributed by atoms with E-state index in [0.29, 0.717) is 5.56 Å². The molecule has 0 bridgehead atoms. The van der Waals surface area contributed by atoms with E-state index in [1.807, 2.05) is 38.1 Å². The number of halogens is 1. The maximum atomic E-state index is 13.3. The molecule has 0 amide bonds. The number of nitrogens with two attached hydrogens (primary N) is 1. The van der Waals surface area contributed by atoms with E-state index in [4.69, 9.17) is 10.5 Å². The predicted molar refractivity (Wildman–Crippen MR) is 79.4 cm³/mol. The van der Waals surface area contributed by atoms with Gasteiger partial charge < -0.3 is 10.5 Å². The summed E-state index contributed by atoms with van der Waals surface area (Å²) in [5.74, 6) is 0.588. The lowest BCUT2D eigenvalue weighted by Crippen LogP contribution is -2.13. The van der Waals surface area contributed by atoms with E-state index in [1.165, 1.54) is 6.07 Å². The van der Waals surface area contributed by atoms with Gasteiger partial charge in [0, 0.05) is 0 Å². The fourth-order valence-electron chi connectivity index (χ4n) is 2.11. The van der Waals surface area contributed by atoms with Crippen LogP contribution >= 0.6 is 0 Å². The van der Waals surface area contributed by atoms with Crippen LogP contribution < -0.4 is 10.5 Å². The van der Waals surface area contributed by atoms with E-state index >= 15 is 0 Å². The lowest BCUT2D eigenvalue weighted by atomic mass is 9.98. The van der Waals surface area contributed by atoms with Crippen molar-refractivity contribution in [1.29, 1.82) is 0 Å². The molecule has 0 fully saturated rings. The second-order valence-corrected chi connectivity index (χ2v) is 5.23. The SMILES string of the molecule is Cc1cc(C(N)c2cccc(OC(C)C)c2)ccc1F. The van der Waals surface area contributed by atoms with E-state index in [0.717, 1.165) is 16.9 Å². The zero-order valence-electron chi connectivity index (χ0n) is 12.1. The monoisotopic (exact) mass is 273 g/mol. The molecule has 0 aromatic heterocycles. The third kappa shape index (κ3) is 3.36. The van der Waals surface area contributed by atoms with E-state index in [-0.39, 0.29) is 18.0 Å². The highest BCUT2D eigenvalue weighted by Gasteiger charge is 2.11. The van der Waals surface area contributed by atoms with Gasteiger partial charge in [0.1, 0.15) is 11.6 Å². The molecule has 0 aliphatic heterocycles. The molecule has 0 saturated heterocycles. The maximum absolute atomic E-state index is 13.3. The average molecular weight is 273 g/mol. The van der Waals surface area contributed by atoms with Crippen LogP contribution in [0.2, 0.25) is 0 Å². The summed E-state index contributed by atoms with van der Waals surface area (Å²) in [6, 6.07) is 12.4. The first-order valence-corrected chi connectivity index (χ1v) is 6.75. The van der Waals surface area contributed by atoms with Crippen LogP contribution in [0.5, 0.6) is 5.75 Å². The van der Waals surface area contributed by atoms with E-state index < -0.39 is 0 Å². The summed E-state index contributed by atoms with van der Waals surface area (Å²) in [6.45, 7) is 5.70. The van der Waals surface area contributed by atoms with Gasteiger partial charge in [0.25, 0.3) is 0 Å². The van der Waals surface area contributed by atoms with Gasteiger partial charge in [0.05, 0.1) is 12.1 Å². The van der Waals surface area contributed by atoms with Crippen LogP contribution in [0.3, 0.4) is 0 Å². The molecule has 1 unspecified atom stereocenters. The minimum Gasteiger partial charge on any atom is -0.491 e. The molecule has 0 radical (unpaired) electrons. The van der Waals surface area contributed by atoms with E-state index in [2.05, 4.69) is 0 Å². The number of rotatable bonds is 4. The topological polar surface area (TPSA) is 35.2 Å². The summed E-state index contributed by atoms with van der Waals surface area (Å²) in [6.07, 6.45) is 0.120. The molecular weight excluding hydrogens is 253 g/mol. The van der Waals surface area contributed by atoms with Gasteiger partial charge in [-0.2, -0.15) is 0 Å². The van der Waals surface area contributed by atoms with Crippen LogP contribution in [0, 0.1) is 12.7 Å². The molecule has 0 heterocycles. The molecule has 2 rings (SSSR count). The molecule has 3 heteroatoms. The van der Waals surface area contributed by atoms with Crippen molar-refractivity contribution in [3.63, 3.8) is 0 Å². The van der Waals surface area contributed by atoms with Crippen LogP contribution in [0.25, 0.3) is 0 Å². The number of benzene rings is 2. The molecule has 1 atom stereocenters. The second-order valence-electron chi connectivity index (χ2n) is 5.23. The molecular formula is C17H20FNO. The van der Waals surface area contributed by atoms with Gasteiger partial charge >= 0.3 is 0 Å². The number of ether oxygens (including phenoxy) is 1. The third-order valence-electron chi connectivity index (χ3n) is 3.13. The van der Waals surface area contributed by atoms with Gasteiger partial charge in [-0.1, -0.05) is 24.3 Å². The molecule has 0 aliphatic rings. The standard InChI is InChI=1S/C17H20FNO/c1-11(2)20-15-6-4-5-13(10-15)17(19)14-7-8-16(18)12(3)9-14/h4-11,17H,19H2,1-3H3. The summed E-state index contributed by atoms with van der Waals surface area (Å²) < 4.78 is 19.0. The van der Waals surface area contributed by atoms with Crippen LogP contribution in [-0.2, 0) is 0 Å². The smallest absolute Gasteiger partial charge is 0.126 e. The van der Waals surface area contributed by atoms with Crippen LogP contribution in [0.1, 0.15) is 36.6 Å². The minimum absolute atomic E-state index is 0.120. The predicted octanol–water partition coefficient (Wildman–Crippen LogP) is 3.97. The number of hydrogen-bond donors (Lipinski definition) is 1. The van der Waals surface area contributed by atoms with Gasteiger partial charge in [0.15, 0.2) is 0 Å². The van der Waals surface area contributed by atoms with Crippen molar-refractivity contribution in [3.8, 4) is 5.75 Å². The molecule has 2 aromatic carbocycles. The molecule has 0 aliphatic carbocycles. The Morgan fingerprint density at radius 1 is 1.05 bits per heavy atom. The number of aryl methyl sites for hydroxylation is 1. The highest BCUT2D eigenvalue weighted by atomic mass is 19.1. The van der Waals surface area contributed by atoms with Crippen LogP contribution in [-0.4, -0.2) is 6.10 Å². The lowest BCUT2D eigenvalue weighted by molar-refractivity contribution is 0.242. The molecule has 0 saturated carbocycles. The van der Waals surface area contributed by atoms with Gasteiger partial charge in [-0.15, -0.1) is 0 Å². The summed E-state index contributed by atoms with van der Waals surface area (Å²) in [5.41, 5.74) is 8.71. The molecule has 2 nitrogen and oxygen atoms in total. The van der Waals surface area contributed by atoms with Crippen molar-refractivity contribution in [3.05, 3.63) is 65.0 Å². The Labute approximate surface area is 119 Å². The zero-order valence-corrected chi connectivity index (χ0v) is 12.1. The summed E-state index contributed by atoms with van der Waals surface area (Å²) in [4.78, 5) is 0. The van der Waals surface area contributed by atoms with Crippen molar-refractivity contribution in [2.24, 2.45) is 5.73 Å². The molecule has 106 valence electrons. The zero-order chi connectivity index (χ0) is 14.7. The normalized spacial score (nSPS) is 12.5. The highest BCUT2D eigenvalue weighted by molar-refractivity contribution is 5.37. The Bertz CT molecular complexity index is 595. The first-order valence-electron chi connectivity index (χ1n) is 6.75. The maximum Gasteiger partial charge on any atom is 0.126 e.